The average molecular weight is 362 g/mol. The van der Waals surface area contributed by atoms with Crippen molar-refractivity contribution in [2.75, 3.05) is 26.7 Å². The van der Waals surface area contributed by atoms with Crippen molar-refractivity contribution in [3.8, 4) is 0 Å². The number of aliphatic imine (C=N–C) groups is 1. The van der Waals surface area contributed by atoms with Gasteiger partial charge in [0.15, 0.2) is 11.7 Å². The van der Waals surface area contributed by atoms with Gasteiger partial charge in [-0.05, 0) is 38.0 Å². The van der Waals surface area contributed by atoms with Gasteiger partial charge in [0.2, 0.25) is 0 Å². The number of hydrogen-bond acceptors (Lipinski definition) is 4. The number of rotatable bonds is 6. The molecular formula is C20H35N5O. The molecule has 2 fully saturated rings. The van der Waals surface area contributed by atoms with Crippen LogP contribution in [0.2, 0.25) is 0 Å². The van der Waals surface area contributed by atoms with Gasteiger partial charge in [-0.2, -0.15) is 0 Å². The van der Waals surface area contributed by atoms with Crippen LogP contribution in [0.25, 0.3) is 0 Å². The lowest BCUT2D eigenvalue weighted by Crippen LogP contribution is -2.49. The molecule has 146 valence electrons. The molecule has 26 heavy (non-hydrogen) atoms. The second-order valence-electron chi connectivity index (χ2n) is 7.79. The lowest BCUT2D eigenvalue weighted by atomic mass is 9.88. The molecule has 0 atom stereocenters. The molecule has 1 aromatic rings. The molecular weight excluding hydrogens is 326 g/mol. The topological polar surface area (TPSA) is 65.7 Å². The Hall–Kier alpha value is -1.56. The van der Waals surface area contributed by atoms with Gasteiger partial charge in [-0.1, -0.05) is 31.3 Å². The average Bonchev–Trinajstić information content (AvgIpc) is 3.15. The van der Waals surface area contributed by atoms with Gasteiger partial charge in [0.05, 0.1) is 12.2 Å². The van der Waals surface area contributed by atoms with Crippen molar-refractivity contribution in [2.24, 2.45) is 10.9 Å². The molecule has 0 spiro atoms. The highest BCUT2D eigenvalue weighted by molar-refractivity contribution is 5.79. The van der Waals surface area contributed by atoms with Gasteiger partial charge in [-0.3, -0.25) is 4.99 Å². The molecule has 1 aliphatic heterocycles. The van der Waals surface area contributed by atoms with Gasteiger partial charge < -0.3 is 20.1 Å². The van der Waals surface area contributed by atoms with Crippen molar-refractivity contribution in [1.29, 1.82) is 0 Å². The minimum Gasteiger partial charge on any atom is -0.359 e. The van der Waals surface area contributed by atoms with Gasteiger partial charge in [-0.25, -0.2) is 0 Å². The van der Waals surface area contributed by atoms with Crippen molar-refractivity contribution in [3.05, 3.63) is 17.5 Å². The molecule has 1 aromatic heterocycles. The third kappa shape index (κ3) is 5.73. The first kappa shape index (κ1) is 19.2. The van der Waals surface area contributed by atoms with Crippen LogP contribution >= 0.6 is 0 Å². The van der Waals surface area contributed by atoms with E-state index < -0.39 is 0 Å². The smallest absolute Gasteiger partial charge is 0.191 e. The summed E-state index contributed by atoms with van der Waals surface area (Å²) in [5.41, 5.74) is 0.995. The molecule has 1 saturated carbocycles. The summed E-state index contributed by atoms with van der Waals surface area (Å²) in [4.78, 5) is 7.03. The quantitative estimate of drug-likeness (QED) is 0.602. The first-order valence-corrected chi connectivity index (χ1v) is 10.4. The molecule has 2 N–H and O–H groups in total. The van der Waals surface area contributed by atoms with Crippen molar-refractivity contribution in [2.45, 2.75) is 70.9 Å². The first-order valence-electron chi connectivity index (χ1n) is 10.4. The van der Waals surface area contributed by atoms with Crippen molar-refractivity contribution >= 4 is 5.96 Å². The summed E-state index contributed by atoms with van der Waals surface area (Å²) in [6.45, 7) is 6.41. The van der Waals surface area contributed by atoms with Crippen LogP contribution < -0.4 is 10.6 Å². The molecule has 2 heterocycles. The fourth-order valence-corrected chi connectivity index (χ4v) is 4.16. The monoisotopic (exact) mass is 361 g/mol. The van der Waals surface area contributed by atoms with E-state index in [0.29, 0.717) is 12.6 Å². The number of aryl methyl sites for hydroxylation is 1. The van der Waals surface area contributed by atoms with E-state index >= 15 is 0 Å². The molecule has 0 radical (unpaired) electrons. The summed E-state index contributed by atoms with van der Waals surface area (Å²) in [6.07, 6.45) is 10.5. The van der Waals surface area contributed by atoms with E-state index in [2.05, 4.69) is 32.6 Å². The second-order valence-corrected chi connectivity index (χ2v) is 7.79. The van der Waals surface area contributed by atoms with E-state index in [4.69, 9.17) is 4.52 Å². The minimum atomic E-state index is 0.504. The predicted octanol–water partition coefficient (Wildman–Crippen LogP) is 2.95. The van der Waals surface area contributed by atoms with E-state index in [1.165, 1.54) is 64.6 Å². The van der Waals surface area contributed by atoms with Crippen molar-refractivity contribution in [3.63, 3.8) is 0 Å². The maximum absolute atomic E-state index is 5.32. The van der Waals surface area contributed by atoms with E-state index in [1.54, 1.807) is 0 Å². The summed E-state index contributed by atoms with van der Waals surface area (Å²) >= 11 is 0. The van der Waals surface area contributed by atoms with Gasteiger partial charge in [0, 0.05) is 38.8 Å². The molecule has 0 amide bonds. The lowest BCUT2D eigenvalue weighted by molar-refractivity contribution is 0.160. The van der Waals surface area contributed by atoms with Crippen molar-refractivity contribution < 1.29 is 4.52 Å². The summed E-state index contributed by atoms with van der Waals surface area (Å²) in [5, 5.41) is 10.9. The number of guanidine groups is 1. The Labute approximate surface area is 157 Å². The zero-order chi connectivity index (χ0) is 18.2. The van der Waals surface area contributed by atoms with E-state index in [9.17, 15) is 0 Å². The Bertz CT molecular complexity index is 556. The highest BCUT2D eigenvalue weighted by Crippen LogP contribution is 2.25. The van der Waals surface area contributed by atoms with Gasteiger partial charge in [-0.15, -0.1) is 0 Å². The van der Waals surface area contributed by atoms with Crippen LogP contribution in [0.3, 0.4) is 0 Å². The Morgan fingerprint density at radius 1 is 1.23 bits per heavy atom. The van der Waals surface area contributed by atoms with E-state index in [1.807, 2.05) is 13.1 Å². The predicted molar refractivity (Wildman–Crippen MR) is 105 cm³/mol. The summed E-state index contributed by atoms with van der Waals surface area (Å²) < 4.78 is 5.32. The molecule has 1 aliphatic carbocycles. The highest BCUT2D eigenvalue weighted by Gasteiger charge is 2.23. The molecule has 0 bridgehead atoms. The zero-order valence-corrected chi connectivity index (χ0v) is 16.5. The lowest BCUT2D eigenvalue weighted by Gasteiger charge is -2.36. The Kier molecular flexibility index (Phi) is 7.35. The Balaban J connectivity index is 1.36. The summed E-state index contributed by atoms with van der Waals surface area (Å²) in [7, 11) is 1.82. The van der Waals surface area contributed by atoms with E-state index in [0.717, 1.165) is 29.8 Å². The third-order valence-electron chi connectivity index (χ3n) is 5.79. The van der Waals surface area contributed by atoms with Crippen LogP contribution in [0, 0.1) is 5.92 Å². The van der Waals surface area contributed by atoms with Gasteiger partial charge in [0.25, 0.3) is 0 Å². The number of likely N-dealkylation sites (tertiary alicyclic amines) is 1. The molecule has 0 unspecified atom stereocenters. The second kappa shape index (κ2) is 9.95. The zero-order valence-electron chi connectivity index (χ0n) is 16.5. The molecule has 2 aliphatic rings. The number of nitrogens with zero attached hydrogens (tertiary/aromatic N) is 3. The normalized spacial score (nSPS) is 21.1. The summed E-state index contributed by atoms with van der Waals surface area (Å²) in [5.74, 6) is 2.65. The Morgan fingerprint density at radius 2 is 2.00 bits per heavy atom. The molecule has 3 rings (SSSR count). The molecule has 6 nitrogen and oxygen atoms in total. The van der Waals surface area contributed by atoms with Crippen LogP contribution in [0.15, 0.2) is 15.6 Å². The van der Waals surface area contributed by atoms with Gasteiger partial charge >= 0.3 is 0 Å². The maximum Gasteiger partial charge on any atom is 0.191 e. The highest BCUT2D eigenvalue weighted by atomic mass is 16.5. The summed E-state index contributed by atoms with van der Waals surface area (Å²) in [6, 6.07) is 2.51. The van der Waals surface area contributed by atoms with Crippen LogP contribution in [0.5, 0.6) is 0 Å². The Morgan fingerprint density at radius 3 is 2.65 bits per heavy atom. The first-order chi connectivity index (χ1) is 12.8. The fraction of sp³-hybridized carbons (Fsp3) is 0.800. The van der Waals surface area contributed by atoms with Crippen molar-refractivity contribution in [1.82, 2.24) is 20.7 Å². The van der Waals surface area contributed by atoms with Crippen LogP contribution in [0.4, 0.5) is 0 Å². The molecule has 1 saturated heterocycles. The maximum atomic E-state index is 5.32. The van der Waals surface area contributed by atoms with Crippen LogP contribution in [-0.4, -0.2) is 48.7 Å². The van der Waals surface area contributed by atoms with Crippen LogP contribution in [-0.2, 0) is 13.0 Å². The third-order valence-corrected chi connectivity index (χ3v) is 5.79. The molecule has 6 heteroatoms. The van der Waals surface area contributed by atoms with E-state index in [-0.39, 0.29) is 0 Å². The SMILES string of the molecule is CCc1cc(CNC(=NC)NC2CCN(CC3CCCCC3)CC2)on1. The number of aromatic nitrogens is 1. The molecule has 0 aromatic carbocycles. The number of nitrogens with one attached hydrogen (secondary N) is 2. The van der Waals surface area contributed by atoms with Gasteiger partial charge in [0.1, 0.15) is 0 Å². The van der Waals surface area contributed by atoms with Crippen LogP contribution in [0.1, 0.15) is 63.3 Å². The largest absolute Gasteiger partial charge is 0.359 e. The fourth-order valence-electron chi connectivity index (χ4n) is 4.16. The standard InChI is InChI=1S/C20H35N5O/c1-3-17-13-19(26-24-17)14-22-20(21-2)23-18-9-11-25(12-10-18)15-16-7-5-4-6-8-16/h13,16,18H,3-12,14-15H2,1-2H3,(H2,21,22,23). The number of piperidine rings is 1. The minimum absolute atomic E-state index is 0.504. The number of hydrogen-bond donors (Lipinski definition) is 2.